The summed E-state index contributed by atoms with van der Waals surface area (Å²) >= 11 is 0. The SMILES string of the molecule is C=C/C=C\C=C(/C)C(=C)/C=C\CC(=C)C(/C=C\C(=C)c1ccc(/C=C\C)c(CC)c1)=C/C. The van der Waals surface area contributed by atoms with Gasteiger partial charge >= 0.3 is 0 Å². The maximum absolute atomic E-state index is 4.27. The van der Waals surface area contributed by atoms with E-state index < -0.39 is 0 Å². The van der Waals surface area contributed by atoms with E-state index in [1.54, 1.807) is 6.08 Å². The molecule has 0 aliphatic rings. The zero-order chi connectivity index (χ0) is 23.9. The van der Waals surface area contributed by atoms with Crippen molar-refractivity contribution in [2.45, 2.75) is 40.5 Å². The van der Waals surface area contributed by atoms with E-state index in [0.717, 1.165) is 46.3 Å². The Morgan fingerprint density at radius 1 is 1.00 bits per heavy atom. The quantitative estimate of drug-likeness (QED) is 0.294. The molecular formula is C32H38. The molecule has 0 saturated carbocycles. The molecule has 0 nitrogen and oxygen atoms in total. The molecular weight excluding hydrogens is 384 g/mol. The van der Waals surface area contributed by atoms with Gasteiger partial charge in [-0.3, -0.25) is 0 Å². The summed E-state index contributed by atoms with van der Waals surface area (Å²) in [5.74, 6) is 0. The molecule has 0 aliphatic heterocycles. The van der Waals surface area contributed by atoms with Crippen LogP contribution in [0.3, 0.4) is 0 Å². The van der Waals surface area contributed by atoms with Crippen molar-refractivity contribution in [3.8, 4) is 0 Å². The van der Waals surface area contributed by atoms with E-state index in [1.807, 2.05) is 38.2 Å². The number of rotatable bonds is 12. The van der Waals surface area contributed by atoms with Gasteiger partial charge in [-0.1, -0.05) is 118 Å². The molecule has 1 aromatic carbocycles. The molecule has 0 heteroatoms. The topological polar surface area (TPSA) is 0 Å². The lowest BCUT2D eigenvalue weighted by molar-refractivity contribution is 1.13. The summed E-state index contributed by atoms with van der Waals surface area (Å²) in [7, 11) is 0. The Morgan fingerprint density at radius 2 is 1.75 bits per heavy atom. The van der Waals surface area contributed by atoms with E-state index in [1.165, 1.54) is 11.1 Å². The van der Waals surface area contributed by atoms with Crippen LogP contribution in [-0.4, -0.2) is 0 Å². The van der Waals surface area contributed by atoms with Gasteiger partial charge in [-0.25, -0.2) is 0 Å². The molecule has 0 unspecified atom stereocenters. The average Bonchev–Trinajstić information content (AvgIpc) is 2.79. The van der Waals surface area contributed by atoms with Gasteiger partial charge in [0.1, 0.15) is 0 Å². The monoisotopic (exact) mass is 422 g/mol. The summed E-state index contributed by atoms with van der Waals surface area (Å²) in [6.45, 7) is 24.7. The third kappa shape index (κ3) is 8.78. The molecule has 32 heavy (non-hydrogen) atoms. The number of aryl methyl sites for hydroxylation is 1. The van der Waals surface area contributed by atoms with Gasteiger partial charge in [0, 0.05) is 0 Å². The summed E-state index contributed by atoms with van der Waals surface area (Å²) in [6.07, 6.45) is 24.1. The molecule has 0 radical (unpaired) electrons. The van der Waals surface area contributed by atoms with Gasteiger partial charge in [-0.15, -0.1) is 0 Å². The van der Waals surface area contributed by atoms with Crippen LogP contribution in [0.4, 0.5) is 0 Å². The largest absolute Gasteiger partial charge is 0.0991 e. The molecule has 0 fully saturated rings. The molecule has 166 valence electrons. The van der Waals surface area contributed by atoms with E-state index in [0.29, 0.717) is 0 Å². The van der Waals surface area contributed by atoms with Crippen molar-refractivity contribution >= 4 is 11.6 Å². The fourth-order valence-corrected chi connectivity index (χ4v) is 3.14. The van der Waals surface area contributed by atoms with Crippen LogP contribution < -0.4 is 0 Å². The first-order valence-electron chi connectivity index (χ1n) is 11.2. The molecule has 1 rings (SSSR count). The van der Waals surface area contributed by atoms with Crippen LogP contribution in [0.1, 0.15) is 50.8 Å². The Bertz CT molecular complexity index is 1010. The Labute approximate surface area is 196 Å². The Morgan fingerprint density at radius 3 is 2.38 bits per heavy atom. The molecule has 0 spiro atoms. The molecule has 0 amide bonds. The lowest BCUT2D eigenvalue weighted by Gasteiger charge is -2.09. The maximum Gasteiger partial charge on any atom is -0.00942 e. The van der Waals surface area contributed by atoms with Gasteiger partial charge in [0.25, 0.3) is 0 Å². The summed E-state index contributed by atoms with van der Waals surface area (Å²) in [5.41, 5.74) is 9.04. The van der Waals surface area contributed by atoms with Crippen LogP contribution >= 0.6 is 0 Å². The molecule has 0 aliphatic carbocycles. The lowest BCUT2D eigenvalue weighted by Crippen LogP contribution is -1.90. The highest BCUT2D eigenvalue weighted by Crippen LogP contribution is 2.22. The summed E-state index contributed by atoms with van der Waals surface area (Å²) in [4.78, 5) is 0. The van der Waals surface area contributed by atoms with Gasteiger partial charge in [0.05, 0.1) is 0 Å². The molecule has 0 bridgehead atoms. The smallest absolute Gasteiger partial charge is 0.00942 e. The molecule has 0 atom stereocenters. The number of benzene rings is 1. The second-order valence-corrected chi connectivity index (χ2v) is 7.58. The van der Waals surface area contributed by atoms with Crippen molar-refractivity contribution < 1.29 is 0 Å². The van der Waals surface area contributed by atoms with Crippen molar-refractivity contribution in [1.29, 1.82) is 0 Å². The summed E-state index contributed by atoms with van der Waals surface area (Å²) < 4.78 is 0. The van der Waals surface area contributed by atoms with Crippen LogP contribution in [0, 0.1) is 0 Å². The number of hydrogen-bond acceptors (Lipinski definition) is 0. The zero-order valence-electron chi connectivity index (χ0n) is 20.3. The minimum atomic E-state index is 0.767. The highest BCUT2D eigenvalue weighted by Gasteiger charge is 2.03. The number of allylic oxidation sites excluding steroid dienone is 15. The van der Waals surface area contributed by atoms with Crippen LogP contribution in [0.5, 0.6) is 0 Å². The molecule has 0 heterocycles. The first-order chi connectivity index (χ1) is 15.4. The van der Waals surface area contributed by atoms with Crippen LogP contribution in [0.2, 0.25) is 0 Å². The molecule has 0 N–H and O–H groups in total. The molecule has 0 aromatic heterocycles. The first kappa shape index (κ1) is 26.7. The van der Waals surface area contributed by atoms with Crippen LogP contribution in [-0.2, 0) is 6.42 Å². The average molecular weight is 423 g/mol. The first-order valence-corrected chi connectivity index (χ1v) is 11.2. The Hall–Kier alpha value is -3.38. The highest BCUT2D eigenvalue weighted by molar-refractivity contribution is 5.74. The third-order valence-electron chi connectivity index (χ3n) is 5.21. The van der Waals surface area contributed by atoms with E-state index in [2.05, 4.69) is 94.8 Å². The Balaban J connectivity index is 2.82. The molecule has 1 aromatic rings. The maximum atomic E-state index is 4.27. The number of hydrogen-bond donors (Lipinski definition) is 0. The third-order valence-corrected chi connectivity index (χ3v) is 5.21. The predicted molar refractivity (Wildman–Crippen MR) is 148 cm³/mol. The minimum Gasteiger partial charge on any atom is -0.0991 e. The van der Waals surface area contributed by atoms with E-state index >= 15 is 0 Å². The van der Waals surface area contributed by atoms with Gasteiger partial charge in [0.2, 0.25) is 0 Å². The van der Waals surface area contributed by atoms with E-state index in [9.17, 15) is 0 Å². The van der Waals surface area contributed by atoms with E-state index in [-0.39, 0.29) is 0 Å². The van der Waals surface area contributed by atoms with Gasteiger partial charge in [-0.05, 0) is 78.2 Å². The standard InChI is InChI=1S/C32H38/c1-9-13-14-17-25(5)26(6)18-15-19-27(7)29(11-3)21-20-28(8)32-23-22-31(16-10-2)30(12-4)24-32/h9-11,13-18,20-24H,1,6-8,12,19H2,2-5H3/b14-13-,16-10-,18-15-,21-20-,25-17+,29-11+. The second kappa shape index (κ2) is 14.6. The fraction of sp³-hybridized carbons (Fsp3) is 0.188. The van der Waals surface area contributed by atoms with Crippen molar-refractivity contribution in [3.05, 3.63) is 144 Å². The fourth-order valence-electron chi connectivity index (χ4n) is 3.14. The summed E-state index contributed by atoms with van der Waals surface area (Å²) in [5, 5.41) is 0. The minimum absolute atomic E-state index is 0.767. The van der Waals surface area contributed by atoms with Gasteiger partial charge < -0.3 is 0 Å². The lowest BCUT2D eigenvalue weighted by atomic mass is 9.96. The van der Waals surface area contributed by atoms with Crippen LogP contribution in [0.15, 0.2) is 128 Å². The van der Waals surface area contributed by atoms with Crippen molar-refractivity contribution in [2.24, 2.45) is 0 Å². The van der Waals surface area contributed by atoms with Crippen LogP contribution in [0.25, 0.3) is 11.6 Å². The highest BCUT2D eigenvalue weighted by atomic mass is 14.1. The summed E-state index contributed by atoms with van der Waals surface area (Å²) in [6, 6.07) is 6.55. The molecule has 0 saturated heterocycles. The second-order valence-electron chi connectivity index (χ2n) is 7.58. The normalized spacial score (nSPS) is 13.0. The van der Waals surface area contributed by atoms with Gasteiger partial charge in [-0.2, -0.15) is 0 Å². The van der Waals surface area contributed by atoms with Gasteiger partial charge in [0.15, 0.2) is 0 Å². The van der Waals surface area contributed by atoms with Crippen molar-refractivity contribution in [1.82, 2.24) is 0 Å². The van der Waals surface area contributed by atoms with E-state index in [4.69, 9.17) is 0 Å². The predicted octanol–water partition coefficient (Wildman–Crippen LogP) is 9.54. The van der Waals surface area contributed by atoms with Crippen molar-refractivity contribution in [2.75, 3.05) is 0 Å². The van der Waals surface area contributed by atoms with Crippen molar-refractivity contribution in [3.63, 3.8) is 0 Å². The zero-order valence-corrected chi connectivity index (χ0v) is 20.3. The Kier molecular flexibility index (Phi) is 12.2.